The molecule has 1 aromatic carbocycles. The molecule has 0 saturated carbocycles. The fourth-order valence-corrected chi connectivity index (χ4v) is 2.84. The van der Waals surface area contributed by atoms with Gasteiger partial charge in [0, 0.05) is 5.69 Å². The van der Waals surface area contributed by atoms with Gasteiger partial charge in [0.2, 0.25) is 0 Å². The van der Waals surface area contributed by atoms with E-state index in [0.717, 1.165) is 23.0 Å². The standard InChI is InChI=1S/C14H10ClN3O2S/c1-8-3-2-4-9(5-8)18-7-16-12(15)10(18)6-11-13(19)17-14(20)21-11/h2-7H,1H3,(H,17,19,20)/b11-6-. The molecular formula is C14H10ClN3O2S. The highest BCUT2D eigenvalue weighted by Gasteiger charge is 2.26. The third-order valence-corrected chi connectivity index (χ3v) is 4.05. The van der Waals surface area contributed by atoms with Crippen molar-refractivity contribution in [2.75, 3.05) is 0 Å². The van der Waals surface area contributed by atoms with Gasteiger partial charge in [-0.2, -0.15) is 0 Å². The van der Waals surface area contributed by atoms with Crippen LogP contribution in [0, 0.1) is 6.92 Å². The Hall–Kier alpha value is -2.05. The third kappa shape index (κ3) is 2.72. The van der Waals surface area contributed by atoms with Crippen LogP contribution in [0.1, 0.15) is 11.3 Å². The minimum atomic E-state index is -0.418. The van der Waals surface area contributed by atoms with Crippen LogP contribution in [0.5, 0.6) is 0 Å². The van der Waals surface area contributed by atoms with Gasteiger partial charge in [-0.25, -0.2) is 4.98 Å². The van der Waals surface area contributed by atoms with Gasteiger partial charge in [0.05, 0.1) is 10.6 Å². The Morgan fingerprint density at radius 1 is 1.38 bits per heavy atom. The zero-order valence-corrected chi connectivity index (χ0v) is 12.5. The van der Waals surface area contributed by atoms with Gasteiger partial charge in [-0.15, -0.1) is 0 Å². The number of imide groups is 1. The number of aryl methyl sites for hydroxylation is 1. The van der Waals surface area contributed by atoms with Gasteiger partial charge in [-0.1, -0.05) is 23.7 Å². The summed E-state index contributed by atoms with van der Waals surface area (Å²) >= 11 is 6.94. The van der Waals surface area contributed by atoms with Crippen molar-refractivity contribution in [3.8, 4) is 5.69 Å². The molecule has 5 nitrogen and oxygen atoms in total. The summed E-state index contributed by atoms with van der Waals surface area (Å²) in [6.07, 6.45) is 3.16. The molecule has 1 aliphatic rings. The Morgan fingerprint density at radius 3 is 2.86 bits per heavy atom. The van der Waals surface area contributed by atoms with Crippen molar-refractivity contribution in [1.29, 1.82) is 0 Å². The minimum Gasteiger partial charge on any atom is -0.298 e. The number of halogens is 1. The number of nitrogens with zero attached hydrogens (tertiary/aromatic N) is 2. The molecule has 1 saturated heterocycles. The molecule has 0 atom stereocenters. The van der Waals surface area contributed by atoms with Crippen molar-refractivity contribution in [3.05, 3.63) is 51.9 Å². The highest BCUT2D eigenvalue weighted by Crippen LogP contribution is 2.29. The molecule has 0 radical (unpaired) electrons. The van der Waals surface area contributed by atoms with E-state index in [-0.39, 0.29) is 10.4 Å². The van der Waals surface area contributed by atoms with Crippen LogP contribution in [0.2, 0.25) is 5.15 Å². The maximum atomic E-state index is 11.6. The molecule has 0 bridgehead atoms. The van der Waals surface area contributed by atoms with Gasteiger partial charge in [0.25, 0.3) is 11.1 Å². The number of carbonyl (C=O) groups is 2. The van der Waals surface area contributed by atoms with E-state index in [4.69, 9.17) is 11.6 Å². The van der Waals surface area contributed by atoms with Gasteiger partial charge in [0.1, 0.15) is 6.33 Å². The summed E-state index contributed by atoms with van der Waals surface area (Å²) in [5.41, 5.74) is 2.55. The van der Waals surface area contributed by atoms with Gasteiger partial charge in [-0.05, 0) is 42.5 Å². The molecule has 2 amide bonds. The molecular weight excluding hydrogens is 310 g/mol. The average molecular weight is 320 g/mol. The summed E-state index contributed by atoms with van der Waals surface area (Å²) in [4.78, 5) is 27.2. The Labute approximate surface area is 130 Å². The van der Waals surface area contributed by atoms with E-state index in [0.29, 0.717) is 10.6 Å². The molecule has 1 N–H and O–H groups in total. The third-order valence-electron chi connectivity index (χ3n) is 2.95. The molecule has 1 aromatic heterocycles. The van der Waals surface area contributed by atoms with Crippen LogP contribution in [0.25, 0.3) is 11.8 Å². The Kier molecular flexibility index (Phi) is 3.57. The minimum absolute atomic E-state index is 0.275. The van der Waals surface area contributed by atoms with Gasteiger partial charge in [0.15, 0.2) is 5.15 Å². The molecule has 2 heterocycles. The summed E-state index contributed by atoms with van der Waals surface area (Å²) in [6.45, 7) is 1.99. The van der Waals surface area contributed by atoms with E-state index in [1.54, 1.807) is 17.0 Å². The average Bonchev–Trinajstić information content (AvgIpc) is 2.94. The van der Waals surface area contributed by atoms with Crippen molar-refractivity contribution >= 4 is 40.6 Å². The lowest BCUT2D eigenvalue weighted by atomic mass is 10.2. The fourth-order valence-electron chi connectivity index (χ4n) is 1.99. The van der Waals surface area contributed by atoms with Crippen molar-refractivity contribution in [3.63, 3.8) is 0 Å². The number of benzene rings is 1. The Morgan fingerprint density at radius 2 is 2.19 bits per heavy atom. The molecule has 0 aliphatic carbocycles. The molecule has 21 heavy (non-hydrogen) atoms. The van der Waals surface area contributed by atoms with Gasteiger partial charge in [-0.3, -0.25) is 19.5 Å². The lowest BCUT2D eigenvalue weighted by molar-refractivity contribution is -0.115. The van der Waals surface area contributed by atoms with Crippen LogP contribution < -0.4 is 5.32 Å². The molecule has 3 rings (SSSR count). The second-order valence-electron chi connectivity index (χ2n) is 4.48. The second-order valence-corrected chi connectivity index (χ2v) is 5.85. The van der Waals surface area contributed by atoms with Crippen molar-refractivity contribution in [1.82, 2.24) is 14.9 Å². The molecule has 7 heteroatoms. The summed E-state index contributed by atoms with van der Waals surface area (Å²) in [6, 6.07) is 7.81. The number of aromatic nitrogens is 2. The van der Waals surface area contributed by atoms with E-state index in [1.807, 2.05) is 31.2 Å². The highest BCUT2D eigenvalue weighted by molar-refractivity contribution is 8.18. The normalized spacial score (nSPS) is 16.6. The topological polar surface area (TPSA) is 64.0 Å². The zero-order chi connectivity index (χ0) is 15.0. The lowest BCUT2D eigenvalue weighted by Crippen LogP contribution is -2.17. The smallest absolute Gasteiger partial charge is 0.290 e. The number of nitrogens with one attached hydrogen (secondary N) is 1. The van der Waals surface area contributed by atoms with Crippen LogP contribution in [0.3, 0.4) is 0 Å². The molecule has 0 spiro atoms. The zero-order valence-electron chi connectivity index (χ0n) is 11.0. The van der Waals surface area contributed by atoms with Crippen molar-refractivity contribution < 1.29 is 9.59 Å². The number of thioether (sulfide) groups is 1. The summed E-state index contributed by atoms with van der Waals surface area (Å²) < 4.78 is 1.78. The number of carbonyl (C=O) groups excluding carboxylic acids is 2. The summed E-state index contributed by atoms with van der Waals surface area (Å²) in [5.74, 6) is -0.418. The van der Waals surface area contributed by atoms with E-state index in [1.165, 1.54) is 0 Å². The summed E-state index contributed by atoms with van der Waals surface area (Å²) in [5, 5.41) is 2.10. The van der Waals surface area contributed by atoms with Crippen LogP contribution in [0.15, 0.2) is 35.5 Å². The van der Waals surface area contributed by atoms with E-state index in [2.05, 4.69) is 10.3 Å². The molecule has 0 unspecified atom stereocenters. The first kappa shape index (κ1) is 13.9. The second kappa shape index (κ2) is 5.38. The number of rotatable bonds is 2. The number of hydrogen-bond donors (Lipinski definition) is 1. The van der Waals surface area contributed by atoms with Crippen molar-refractivity contribution in [2.45, 2.75) is 6.92 Å². The Balaban J connectivity index is 2.08. The van der Waals surface area contributed by atoms with E-state index >= 15 is 0 Å². The SMILES string of the molecule is Cc1cccc(-n2cnc(Cl)c2/C=C2\SC(=O)NC2=O)c1. The first-order chi connectivity index (χ1) is 10.0. The Bertz CT molecular complexity index is 782. The van der Waals surface area contributed by atoms with Gasteiger partial charge < -0.3 is 0 Å². The number of imidazole rings is 1. The number of amides is 2. The molecule has 1 fully saturated rings. The highest BCUT2D eigenvalue weighted by atomic mass is 35.5. The van der Waals surface area contributed by atoms with E-state index in [9.17, 15) is 9.59 Å². The fraction of sp³-hybridized carbons (Fsp3) is 0.0714. The first-order valence-electron chi connectivity index (χ1n) is 6.09. The molecule has 1 aliphatic heterocycles. The maximum Gasteiger partial charge on any atom is 0.290 e. The van der Waals surface area contributed by atoms with E-state index < -0.39 is 5.91 Å². The van der Waals surface area contributed by atoms with Crippen LogP contribution in [-0.2, 0) is 4.79 Å². The van der Waals surface area contributed by atoms with Crippen LogP contribution in [0.4, 0.5) is 4.79 Å². The van der Waals surface area contributed by atoms with Crippen molar-refractivity contribution in [2.24, 2.45) is 0 Å². The monoisotopic (exact) mass is 319 g/mol. The largest absolute Gasteiger partial charge is 0.298 e. The first-order valence-corrected chi connectivity index (χ1v) is 7.29. The quantitative estimate of drug-likeness (QED) is 0.864. The van der Waals surface area contributed by atoms with Crippen LogP contribution >= 0.6 is 23.4 Å². The van der Waals surface area contributed by atoms with Crippen LogP contribution in [-0.4, -0.2) is 20.7 Å². The summed E-state index contributed by atoms with van der Waals surface area (Å²) in [7, 11) is 0. The predicted octanol–water partition coefficient (Wildman–Crippen LogP) is 3.16. The molecule has 2 aromatic rings. The lowest BCUT2D eigenvalue weighted by Gasteiger charge is -2.06. The predicted molar refractivity (Wildman–Crippen MR) is 82.4 cm³/mol. The molecule has 106 valence electrons. The number of hydrogen-bond acceptors (Lipinski definition) is 4. The maximum absolute atomic E-state index is 11.6. The van der Waals surface area contributed by atoms with Gasteiger partial charge >= 0.3 is 0 Å².